The van der Waals surface area contributed by atoms with Gasteiger partial charge >= 0.3 is 6.18 Å². The lowest BCUT2D eigenvalue weighted by Crippen LogP contribution is -2.17. The summed E-state index contributed by atoms with van der Waals surface area (Å²) in [5.41, 5.74) is -0.0160. The molecule has 6 nitrogen and oxygen atoms in total. The zero-order chi connectivity index (χ0) is 18.6. The largest absolute Gasteiger partial charge is 0.474 e. The Hall–Kier alpha value is -3.10. The van der Waals surface area contributed by atoms with Gasteiger partial charge < -0.3 is 14.3 Å². The standard InChI is InChI=1S/C17H14F3N3O3/c1-24-23-15(16-21-8-9-25-16)12-4-2-3-5-13(12)26-14-7-6-11(10-22-14)17(18,19)20/h2-7,10H,8-9H2,1H3. The molecule has 0 fully saturated rings. The molecule has 2 heterocycles. The van der Waals surface area contributed by atoms with Crippen molar-refractivity contribution in [3.8, 4) is 11.6 Å². The second-order valence-electron chi connectivity index (χ2n) is 5.14. The molecule has 1 aliphatic heterocycles. The Labute approximate surface area is 146 Å². The van der Waals surface area contributed by atoms with Crippen molar-refractivity contribution in [1.29, 1.82) is 0 Å². The van der Waals surface area contributed by atoms with Crippen molar-refractivity contribution < 1.29 is 27.5 Å². The third kappa shape index (κ3) is 3.93. The minimum atomic E-state index is -4.46. The normalized spacial score (nSPS) is 14.6. The van der Waals surface area contributed by atoms with Gasteiger partial charge in [0.15, 0.2) is 5.71 Å². The van der Waals surface area contributed by atoms with E-state index in [0.717, 1.165) is 12.1 Å². The van der Waals surface area contributed by atoms with Gasteiger partial charge in [-0.15, -0.1) is 0 Å². The summed E-state index contributed by atoms with van der Waals surface area (Å²) < 4.78 is 49.0. The minimum absolute atomic E-state index is 0.0106. The van der Waals surface area contributed by atoms with Crippen molar-refractivity contribution in [3.63, 3.8) is 0 Å². The number of nitrogens with zero attached hydrogens (tertiary/aromatic N) is 3. The SMILES string of the molecule is CON=C(C1=NCCO1)c1ccccc1Oc1ccc(C(F)(F)F)cn1. The van der Waals surface area contributed by atoms with Crippen LogP contribution in [0.4, 0.5) is 13.2 Å². The summed E-state index contributed by atoms with van der Waals surface area (Å²) in [5, 5.41) is 3.94. The van der Waals surface area contributed by atoms with E-state index in [1.54, 1.807) is 24.3 Å². The fraction of sp³-hybridized carbons (Fsp3) is 0.235. The monoisotopic (exact) mass is 365 g/mol. The molecular formula is C17H14F3N3O3. The highest BCUT2D eigenvalue weighted by Crippen LogP contribution is 2.31. The fourth-order valence-electron chi connectivity index (χ4n) is 2.25. The molecule has 0 atom stereocenters. The Morgan fingerprint density at radius 3 is 2.62 bits per heavy atom. The fourth-order valence-corrected chi connectivity index (χ4v) is 2.25. The van der Waals surface area contributed by atoms with Crippen molar-refractivity contribution in [2.75, 3.05) is 20.3 Å². The number of hydrogen-bond acceptors (Lipinski definition) is 6. The van der Waals surface area contributed by atoms with Gasteiger partial charge in [-0.05, 0) is 18.2 Å². The first-order chi connectivity index (χ1) is 12.5. The molecule has 2 aromatic rings. The lowest BCUT2D eigenvalue weighted by Gasteiger charge is -2.12. The van der Waals surface area contributed by atoms with Crippen molar-refractivity contribution in [2.24, 2.45) is 10.1 Å². The quantitative estimate of drug-likeness (QED) is 0.599. The van der Waals surface area contributed by atoms with Gasteiger partial charge in [0.25, 0.3) is 0 Å². The zero-order valence-electron chi connectivity index (χ0n) is 13.7. The van der Waals surface area contributed by atoms with Crippen molar-refractivity contribution in [3.05, 3.63) is 53.7 Å². The Bertz CT molecular complexity index is 833. The highest BCUT2D eigenvalue weighted by molar-refractivity contribution is 6.46. The van der Waals surface area contributed by atoms with Crippen LogP contribution >= 0.6 is 0 Å². The maximum absolute atomic E-state index is 12.6. The smallest absolute Gasteiger partial charge is 0.417 e. The average molecular weight is 365 g/mol. The van der Waals surface area contributed by atoms with E-state index in [2.05, 4.69) is 15.1 Å². The van der Waals surface area contributed by atoms with Crippen LogP contribution in [-0.2, 0) is 15.8 Å². The zero-order valence-corrected chi connectivity index (χ0v) is 13.7. The summed E-state index contributed by atoms with van der Waals surface area (Å²) in [4.78, 5) is 12.8. The first-order valence-electron chi connectivity index (χ1n) is 7.58. The van der Waals surface area contributed by atoms with E-state index in [0.29, 0.717) is 42.3 Å². The van der Waals surface area contributed by atoms with Crippen LogP contribution < -0.4 is 4.74 Å². The van der Waals surface area contributed by atoms with Crippen LogP contribution in [0.2, 0.25) is 0 Å². The molecule has 0 amide bonds. The van der Waals surface area contributed by atoms with E-state index in [9.17, 15) is 13.2 Å². The second-order valence-corrected chi connectivity index (χ2v) is 5.14. The van der Waals surface area contributed by atoms with Gasteiger partial charge in [-0.1, -0.05) is 17.3 Å². The Balaban J connectivity index is 1.91. The highest BCUT2D eigenvalue weighted by atomic mass is 19.4. The summed E-state index contributed by atoms with van der Waals surface area (Å²) in [5.74, 6) is 0.647. The molecule has 136 valence electrons. The van der Waals surface area contributed by atoms with E-state index in [1.807, 2.05) is 0 Å². The van der Waals surface area contributed by atoms with E-state index in [1.165, 1.54) is 7.11 Å². The van der Waals surface area contributed by atoms with Crippen LogP contribution in [0, 0.1) is 0 Å². The molecule has 0 aliphatic carbocycles. The highest BCUT2D eigenvalue weighted by Gasteiger charge is 2.31. The number of aliphatic imine (C=N–C) groups is 1. The maximum Gasteiger partial charge on any atom is 0.417 e. The van der Waals surface area contributed by atoms with Crippen molar-refractivity contribution in [1.82, 2.24) is 4.98 Å². The lowest BCUT2D eigenvalue weighted by molar-refractivity contribution is -0.137. The van der Waals surface area contributed by atoms with Gasteiger partial charge in [-0.2, -0.15) is 13.2 Å². The number of rotatable bonds is 5. The van der Waals surface area contributed by atoms with Gasteiger partial charge in [-0.25, -0.2) is 9.98 Å². The van der Waals surface area contributed by atoms with Gasteiger partial charge in [-0.3, -0.25) is 0 Å². The number of hydrogen-bond donors (Lipinski definition) is 0. The topological polar surface area (TPSA) is 65.3 Å². The van der Waals surface area contributed by atoms with Crippen LogP contribution in [-0.4, -0.2) is 36.9 Å². The van der Waals surface area contributed by atoms with E-state index < -0.39 is 11.7 Å². The molecular weight excluding hydrogens is 351 g/mol. The number of alkyl halides is 3. The van der Waals surface area contributed by atoms with Gasteiger partial charge in [0.2, 0.25) is 11.8 Å². The molecule has 0 N–H and O–H groups in total. The third-order valence-corrected chi connectivity index (χ3v) is 3.39. The summed E-state index contributed by atoms with van der Waals surface area (Å²) in [6.45, 7) is 0.934. The number of benzene rings is 1. The second kappa shape index (κ2) is 7.42. The minimum Gasteiger partial charge on any atom is -0.474 e. The first-order valence-corrected chi connectivity index (χ1v) is 7.58. The molecule has 1 aliphatic rings. The van der Waals surface area contributed by atoms with Crippen LogP contribution in [0.5, 0.6) is 11.6 Å². The number of pyridine rings is 1. The predicted molar refractivity (Wildman–Crippen MR) is 87.6 cm³/mol. The summed E-state index contributed by atoms with van der Waals surface area (Å²) in [6, 6.07) is 8.86. The Kier molecular flexibility index (Phi) is 5.06. The van der Waals surface area contributed by atoms with Crippen LogP contribution in [0.25, 0.3) is 0 Å². The lowest BCUT2D eigenvalue weighted by atomic mass is 10.1. The molecule has 1 aromatic carbocycles. The maximum atomic E-state index is 12.6. The van der Waals surface area contributed by atoms with Crippen molar-refractivity contribution >= 4 is 11.6 Å². The van der Waals surface area contributed by atoms with Crippen LogP contribution in [0.3, 0.4) is 0 Å². The summed E-state index contributed by atoms with van der Waals surface area (Å²) in [7, 11) is 1.39. The number of aromatic nitrogens is 1. The average Bonchev–Trinajstić information content (AvgIpc) is 3.14. The number of halogens is 3. The van der Waals surface area contributed by atoms with E-state index in [4.69, 9.17) is 14.3 Å². The molecule has 0 saturated carbocycles. The van der Waals surface area contributed by atoms with Crippen LogP contribution in [0.15, 0.2) is 52.7 Å². The molecule has 0 spiro atoms. The molecule has 3 rings (SSSR count). The van der Waals surface area contributed by atoms with E-state index in [-0.39, 0.29) is 5.88 Å². The molecule has 0 radical (unpaired) electrons. The molecule has 0 saturated heterocycles. The predicted octanol–water partition coefficient (Wildman–Crippen LogP) is 3.67. The van der Waals surface area contributed by atoms with Crippen LogP contribution in [0.1, 0.15) is 11.1 Å². The summed E-state index contributed by atoms with van der Waals surface area (Å²) >= 11 is 0. The first kappa shape index (κ1) is 17.7. The summed E-state index contributed by atoms with van der Waals surface area (Å²) in [6.07, 6.45) is -3.74. The molecule has 0 unspecified atom stereocenters. The van der Waals surface area contributed by atoms with Gasteiger partial charge in [0, 0.05) is 12.3 Å². The van der Waals surface area contributed by atoms with E-state index >= 15 is 0 Å². The Morgan fingerprint density at radius 1 is 1.19 bits per heavy atom. The van der Waals surface area contributed by atoms with Gasteiger partial charge in [0.1, 0.15) is 19.5 Å². The molecule has 9 heteroatoms. The molecule has 26 heavy (non-hydrogen) atoms. The number of oxime groups is 1. The van der Waals surface area contributed by atoms with Gasteiger partial charge in [0.05, 0.1) is 17.7 Å². The molecule has 1 aromatic heterocycles. The molecule has 0 bridgehead atoms. The van der Waals surface area contributed by atoms with Crippen molar-refractivity contribution in [2.45, 2.75) is 6.18 Å². The third-order valence-electron chi connectivity index (χ3n) is 3.39. The number of ether oxygens (including phenoxy) is 2. The Morgan fingerprint density at radius 2 is 2.00 bits per heavy atom. The number of para-hydroxylation sites is 1.